The minimum Gasteiger partial charge on any atom is -0.385 e. The van der Waals surface area contributed by atoms with Crippen LogP contribution in [0.2, 0.25) is 0 Å². The number of hydrogen-bond acceptors (Lipinski definition) is 3. The van der Waals surface area contributed by atoms with Gasteiger partial charge in [0.1, 0.15) is 0 Å². The van der Waals surface area contributed by atoms with Crippen molar-refractivity contribution in [3.8, 4) is 0 Å². The summed E-state index contributed by atoms with van der Waals surface area (Å²) in [6, 6.07) is 8.77. The van der Waals surface area contributed by atoms with Gasteiger partial charge in [-0.1, -0.05) is 29.8 Å². The lowest BCUT2D eigenvalue weighted by Gasteiger charge is -2.18. The van der Waals surface area contributed by atoms with Gasteiger partial charge in [0.15, 0.2) is 0 Å². The van der Waals surface area contributed by atoms with Crippen molar-refractivity contribution in [2.75, 3.05) is 40.5 Å². The first-order chi connectivity index (χ1) is 8.77. The van der Waals surface area contributed by atoms with Gasteiger partial charge in [0, 0.05) is 33.9 Å². The predicted octanol–water partition coefficient (Wildman–Crippen LogP) is 2.35. The smallest absolute Gasteiger partial charge is 0.0587 e. The van der Waals surface area contributed by atoms with Crippen molar-refractivity contribution in [3.63, 3.8) is 0 Å². The van der Waals surface area contributed by atoms with Crippen molar-refractivity contribution < 1.29 is 9.47 Å². The second-order valence-corrected chi connectivity index (χ2v) is 4.59. The Hall–Kier alpha value is -0.900. The molecular formula is C15H25NO2. The highest BCUT2D eigenvalue weighted by Gasteiger charge is 2.10. The van der Waals surface area contributed by atoms with Crippen LogP contribution in [0.25, 0.3) is 0 Å². The minimum atomic E-state index is 0.502. The van der Waals surface area contributed by atoms with E-state index in [1.165, 1.54) is 11.1 Å². The number of hydrogen-bond donors (Lipinski definition) is 1. The first-order valence-electron chi connectivity index (χ1n) is 6.53. The highest BCUT2D eigenvalue weighted by Crippen LogP contribution is 2.19. The Bertz CT molecular complexity index is 311. The lowest BCUT2D eigenvalue weighted by molar-refractivity contribution is 0.183. The first kappa shape index (κ1) is 15.2. The SMILES string of the molecule is COCCNCC(CCOC)c1ccc(C)cc1. The van der Waals surface area contributed by atoms with E-state index < -0.39 is 0 Å². The van der Waals surface area contributed by atoms with Gasteiger partial charge in [-0.15, -0.1) is 0 Å². The van der Waals surface area contributed by atoms with Gasteiger partial charge >= 0.3 is 0 Å². The summed E-state index contributed by atoms with van der Waals surface area (Å²) in [4.78, 5) is 0. The van der Waals surface area contributed by atoms with Crippen molar-refractivity contribution in [1.29, 1.82) is 0 Å². The number of benzene rings is 1. The quantitative estimate of drug-likeness (QED) is 0.683. The van der Waals surface area contributed by atoms with Crippen LogP contribution in [0.15, 0.2) is 24.3 Å². The van der Waals surface area contributed by atoms with Crippen molar-refractivity contribution in [2.24, 2.45) is 0 Å². The minimum absolute atomic E-state index is 0.502. The van der Waals surface area contributed by atoms with Crippen LogP contribution in [0.1, 0.15) is 23.5 Å². The Morgan fingerprint density at radius 1 is 1.06 bits per heavy atom. The molecule has 0 aromatic heterocycles. The van der Waals surface area contributed by atoms with E-state index in [0.29, 0.717) is 5.92 Å². The molecule has 1 unspecified atom stereocenters. The first-order valence-corrected chi connectivity index (χ1v) is 6.53. The van der Waals surface area contributed by atoms with Crippen molar-refractivity contribution in [2.45, 2.75) is 19.3 Å². The normalized spacial score (nSPS) is 12.6. The van der Waals surface area contributed by atoms with E-state index in [4.69, 9.17) is 9.47 Å². The molecule has 1 atom stereocenters. The zero-order valence-electron chi connectivity index (χ0n) is 11.7. The summed E-state index contributed by atoms with van der Waals surface area (Å²) in [5.74, 6) is 0.502. The van der Waals surface area contributed by atoms with Crippen LogP contribution < -0.4 is 5.32 Å². The molecule has 3 nitrogen and oxygen atoms in total. The van der Waals surface area contributed by atoms with Gasteiger partial charge in [-0.25, -0.2) is 0 Å². The third kappa shape index (κ3) is 5.63. The highest BCUT2D eigenvalue weighted by atomic mass is 16.5. The van der Waals surface area contributed by atoms with Crippen LogP contribution in [-0.4, -0.2) is 40.5 Å². The van der Waals surface area contributed by atoms with Crippen LogP contribution in [0.5, 0.6) is 0 Å². The second kappa shape index (κ2) is 9.09. The molecule has 0 aliphatic carbocycles. The van der Waals surface area contributed by atoms with Crippen LogP contribution in [-0.2, 0) is 9.47 Å². The topological polar surface area (TPSA) is 30.5 Å². The molecule has 0 radical (unpaired) electrons. The molecule has 1 N–H and O–H groups in total. The summed E-state index contributed by atoms with van der Waals surface area (Å²) >= 11 is 0. The van der Waals surface area contributed by atoms with Crippen LogP contribution >= 0.6 is 0 Å². The fourth-order valence-corrected chi connectivity index (χ4v) is 1.94. The fraction of sp³-hybridized carbons (Fsp3) is 0.600. The average Bonchev–Trinajstić information content (AvgIpc) is 2.39. The predicted molar refractivity (Wildman–Crippen MR) is 75.2 cm³/mol. The molecule has 0 aliphatic rings. The van der Waals surface area contributed by atoms with E-state index in [1.54, 1.807) is 14.2 Å². The number of nitrogens with one attached hydrogen (secondary N) is 1. The third-order valence-corrected chi connectivity index (χ3v) is 3.09. The van der Waals surface area contributed by atoms with E-state index >= 15 is 0 Å². The highest BCUT2D eigenvalue weighted by molar-refractivity contribution is 5.24. The van der Waals surface area contributed by atoms with E-state index in [-0.39, 0.29) is 0 Å². The maximum absolute atomic E-state index is 5.19. The maximum Gasteiger partial charge on any atom is 0.0587 e. The van der Waals surface area contributed by atoms with E-state index in [2.05, 4.69) is 36.5 Å². The Morgan fingerprint density at radius 3 is 2.33 bits per heavy atom. The van der Waals surface area contributed by atoms with Gasteiger partial charge in [-0.3, -0.25) is 0 Å². The summed E-state index contributed by atoms with van der Waals surface area (Å²) in [5.41, 5.74) is 2.68. The molecule has 102 valence electrons. The summed E-state index contributed by atoms with van der Waals surface area (Å²) < 4.78 is 10.2. The molecule has 1 rings (SSSR count). The molecule has 0 spiro atoms. The molecule has 1 aromatic carbocycles. The summed E-state index contributed by atoms with van der Waals surface area (Å²) in [6.45, 7) is 5.53. The van der Waals surface area contributed by atoms with Gasteiger partial charge in [0.25, 0.3) is 0 Å². The molecule has 18 heavy (non-hydrogen) atoms. The monoisotopic (exact) mass is 251 g/mol. The molecule has 0 heterocycles. The van der Waals surface area contributed by atoms with Gasteiger partial charge in [-0.2, -0.15) is 0 Å². The van der Waals surface area contributed by atoms with Crippen LogP contribution in [0.4, 0.5) is 0 Å². The Kier molecular flexibility index (Phi) is 7.65. The van der Waals surface area contributed by atoms with E-state index in [1.807, 2.05) is 0 Å². The molecule has 0 amide bonds. The fourth-order valence-electron chi connectivity index (χ4n) is 1.94. The lowest BCUT2D eigenvalue weighted by Crippen LogP contribution is -2.25. The van der Waals surface area contributed by atoms with Crippen molar-refractivity contribution in [3.05, 3.63) is 35.4 Å². The Balaban J connectivity index is 2.51. The molecule has 0 aliphatic heterocycles. The van der Waals surface area contributed by atoms with Gasteiger partial charge < -0.3 is 14.8 Å². The molecular weight excluding hydrogens is 226 g/mol. The zero-order chi connectivity index (χ0) is 13.2. The molecule has 3 heteroatoms. The van der Waals surface area contributed by atoms with Gasteiger partial charge in [0.2, 0.25) is 0 Å². The molecule has 0 saturated heterocycles. The second-order valence-electron chi connectivity index (χ2n) is 4.59. The summed E-state index contributed by atoms with van der Waals surface area (Å²) in [5, 5.41) is 3.43. The Labute approximate surface area is 110 Å². The zero-order valence-corrected chi connectivity index (χ0v) is 11.7. The molecule has 1 aromatic rings. The van der Waals surface area contributed by atoms with Crippen LogP contribution in [0.3, 0.4) is 0 Å². The lowest BCUT2D eigenvalue weighted by atomic mass is 9.95. The number of methoxy groups -OCH3 is 2. The van der Waals surface area contributed by atoms with Crippen LogP contribution in [0, 0.1) is 6.92 Å². The number of aryl methyl sites for hydroxylation is 1. The third-order valence-electron chi connectivity index (χ3n) is 3.09. The number of ether oxygens (including phenoxy) is 2. The summed E-state index contributed by atoms with van der Waals surface area (Å²) in [7, 11) is 3.48. The van der Waals surface area contributed by atoms with Crippen molar-refractivity contribution >= 4 is 0 Å². The molecule has 0 fully saturated rings. The van der Waals surface area contributed by atoms with E-state index in [0.717, 1.165) is 32.7 Å². The number of rotatable bonds is 9. The maximum atomic E-state index is 5.19. The van der Waals surface area contributed by atoms with Gasteiger partial charge in [-0.05, 0) is 24.8 Å². The molecule has 0 saturated carbocycles. The Morgan fingerprint density at radius 2 is 1.72 bits per heavy atom. The molecule has 0 bridgehead atoms. The largest absolute Gasteiger partial charge is 0.385 e. The van der Waals surface area contributed by atoms with E-state index in [9.17, 15) is 0 Å². The standard InChI is InChI=1S/C15H25NO2/c1-13-4-6-14(7-5-13)15(8-10-17-2)12-16-9-11-18-3/h4-7,15-16H,8-12H2,1-3H3. The van der Waals surface area contributed by atoms with Gasteiger partial charge in [0.05, 0.1) is 6.61 Å². The summed E-state index contributed by atoms with van der Waals surface area (Å²) in [6.07, 6.45) is 1.04. The average molecular weight is 251 g/mol. The van der Waals surface area contributed by atoms with Crippen molar-refractivity contribution in [1.82, 2.24) is 5.32 Å².